The topological polar surface area (TPSA) is 92.5 Å². The molecule has 194 valence electrons. The molecule has 2 aromatic carbocycles. The number of aliphatic hydroxyl groups excluding tert-OH is 2. The van der Waals surface area contributed by atoms with Crippen LogP contribution >= 0.6 is 0 Å². The second kappa shape index (κ2) is 12.1. The van der Waals surface area contributed by atoms with Gasteiger partial charge in [-0.25, -0.2) is 4.39 Å². The Morgan fingerprint density at radius 2 is 1.65 bits per heavy atom. The van der Waals surface area contributed by atoms with Gasteiger partial charge in [-0.05, 0) is 44.4 Å². The largest absolute Gasteiger partial charge is 0.460 e. The first kappa shape index (κ1) is 28.0. The number of ether oxygens (including phenoxy) is 1. The smallest absolute Gasteiger partial charge is 0.308 e. The van der Waals surface area contributed by atoms with E-state index in [1.807, 2.05) is 44.2 Å². The summed E-state index contributed by atoms with van der Waals surface area (Å²) < 4.78 is 19.0. The molecule has 0 aliphatic heterocycles. The molecule has 1 heterocycles. The molecule has 7 heteroatoms. The second-order valence-corrected chi connectivity index (χ2v) is 10.2. The van der Waals surface area contributed by atoms with Gasteiger partial charge in [0.15, 0.2) is 0 Å². The van der Waals surface area contributed by atoms with Crippen molar-refractivity contribution in [2.45, 2.75) is 71.2 Å². The van der Waals surface area contributed by atoms with Gasteiger partial charge in [0.1, 0.15) is 23.2 Å². The number of aliphatic hydroxyl groups is 2. The molecule has 1 aromatic heterocycles. The lowest BCUT2D eigenvalue weighted by molar-refractivity contribution is -0.157. The van der Waals surface area contributed by atoms with E-state index in [0.29, 0.717) is 28.1 Å². The lowest BCUT2D eigenvalue weighted by atomic mass is 9.91. The molecule has 0 spiro atoms. The molecule has 0 unspecified atom stereocenters. The van der Waals surface area contributed by atoms with E-state index in [0.717, 1.165) is 5.56 Å². The maximum atomic E-state index is 13.7. The highest BCUT2D eigenvalue weighted by Gasteiger charge is 2.22. The predicted molar refractivity (Wildman–Crippen MR) is 141 cm³/mol. The van der Waals surface area contributed by atoms with Crippen molar-refractivity contribution in [1.29, 1.82) is 0 Å². The van der Waals surface area contributed by atoms with E-state index in [4.69, 9.17) is 4.74 Å². The van der Waals surface area contributed by atoms with Gasteiger partial charge in [-0.2, -0.15) is 5.10 Å². The van der Waals surface area contributed by atoms with Crippen LogP contribution in [0.2, 0.25) is 0 Å². The average molecular weight is 505 g/mol. The van der Waals surface area contributed by atoms with Gasteiger partial charge in [-0.3, -0.25) is 4.79 Å². The average Bonchev–Trinajstić information content (AvgIpc) is 2.81. The van der Waals surface area contributed by atoms with E-state index < -0.39 is 23.8 Å². The molecule has 0 aliphatic rings. The van der Waals surface area contributed by atoms with Crippen molar-refractivity contribution in [3.8, 4) is 34.2 Å². The molecule has 0 fully saturated rings. The Morgan fingerprint density at radius 1 is 1.00 bits per heavy atom. The zero-order chi connectivity index (χ0) is 27.2. The fraction of sp³-hybridized carbons (Fsp3) is 0.367. The lowest BCUT2D eigenvalue weighted by Gasteiger charge is -2.20. The number of halogens is 1. The van der Waals surface area contributed by atoms with Crippen molar-refractivity contribution in [2.24, 2.45) is 0 Å². The molecular weight excluding hydrogens is 471 g/mol. The number of aromatic nitrogens is 2. The second-order valence-electron chi connectivity index (χ2n) is 10.2. The molecule has 6 nitrogen and oxygen atoms in total. The van der Waals surface area contributed by atoms with Crippen LogP contribution in [0.5, 0.6) is 0 Å². The number of carbonyl (C=O) groups is 1. The van der Waals surface area contributed by atoms with Gasteiger partial charge in [0.25, 0.3) is 0 Å². The van der Waals surface area contributed by atoms with Crippen LogP contribution in [0.15, 0.2) is 54.6 Å². The SMILES string of the molecule is CC(C)c1nnc(-c2ccccc2)c(-c2ccc(F)cc2)c1C#C[C@@H](O)C[C@@H](O)CC(=O)OC(C)(C)C. The Kier molecular flexibility index (Phi) is 9.14. The van der Waals surface area contributed by atoms with Crippen molar-refractivity contribution in [3.63, 3.8) is 0 Å². The van der Waals surface area contributed by atoms with Crippen molar-refractivity contribution in [3.05, 3.63) is 71.7 Å². The van der Waals surface area contributed by atoms with Crippen molar-refractivity contribution in [2.75, 3.05) is 0 Å². The first-order chi connectivity index (χ1) is 17.4. The number of benzene rings is 2. The highest BCUT2D eigenvalue weighted by atomic mass is 19.1. The summed E-state index contributed by atoms with van der Waals surface area (Å²) in [5, 5.41) is 29.8. The van der Waals surface area contributed by atoms with E-state index in [-0.39, 0.29) is 24.6 Å². The van der Waals surface area contributed by atoms with Crippen LogP contribution in [0.1, 0.15) is 64.6 Å². The number of carbonyl (C=O) groups excluding carboxylic acids is 1. The maximum absolute atomic E-state index is 13.7. The molecule has 3 aromatic rings. The zero-order valence-electron chi connectivity index (χ0n) is 21.8. The van der Waals surface area contributed by atoms with Crippen LogP contribution in [0.25, 0.3) is 22.4 Å². The highest BCUT2D eigenvalue weighted by molar-refractivity contribution is 5.85. The summed E-state index contributed by atoms with van der Waals surface area (Å²) in [4.78, 5) is 12.0. The van der Waals surface area contributed by atoms with Gasteiger partial charge in [-0.1, -0.05) is 68.2 Å². The van der Waals surface area contributed by atoms with Gasteiger partial charge in [0.2, 0.25) is 0 Å². The fourth-order valence-electron chi connectivity index (χ4n) is 3.81. The van der Waals surface area contributed by atoms with E-state index in [1.165, 1.54) is 12.1 Å². The van der Waals surface area contributed by atoms with Crippen LogP contribution < -0.4 is 0 Å². The summed E-state index contributed by atoms with van der Waals surface area (Å²) in [7, 11) is 0. The minimum Gasteiger partial charge on any atom is -0.460 e. The standard InChI is InChI=1S/C30H33FN2O4/c1-19(2)28-25(16-15-23(34)17-24(35)18-26(36)37-30(3,4)5)27(20-11-13-22(31)14-12-20)29(33-32-28)21-9-7-6-8-10-21/h6-14,19,23-24,34-35H,17-18H2,1-5H3/t23-,24-/m1/s1. The van der Waals surface area contributed by atoms with E-state index >= 15 is 0 Å². The van der Waals surface area contributed by atoms with Crippen LogP contribution in [-0.2, 0) is 9.53 Å². The van der Waals surface area contributed by atoms with Gasteiger partial charge in [0.05, 0.1) is 23.8 Å². The number of hydrogen-bond donors (Lipinski definition) is 2. The van der Waals surface area contributed by atoms with E-state index in [1.54, 1.807) is 32.9 Å². The first-order valence-electron chi connectivity index (χ1n) is 12.3. The number of esters is 1. The van der Waals surface area contributed by atoms with Gasteiger partial charge < -0.3 is 14.9 Å². The molecular formula is C30H33FN2O4. The minimum atomic E-state index is -1.20. The summed E-state index contributed by atoms with van der Waals surface area (Å²) in [6.07, 6.45) is -2.69. The van der Waals surface area contributed by atoms with Crippen LogP contribution in [-0.4, -0.2) is 44.2 Å². The highest BCUT2D eigenvalue weighted by Crippen LogP contribution is 2.35. The molecule has 0 saturated carbocycles. The van der Waals surface area contributed by atoms with E-state index in [2.05, 4.69) is 22.0 Å². The Hall–Kier alpha value is -3.60. The fourth-order valence-corrected chi connectivity index (χ4v) is 3.81. The van der Waals surface area contributed by atoms with Gasteiger partial charge >= 0.3 is 5.97 Å². The van der Waals surface area contributed by atoms with Gasteiger partial charge in [0, 0.05) is 17.5 Å². The maximum Gasteiger partial charge on any atom is 0.308 e. The van der Waals surface area contributed by atoms with Crippen molar-refractivity contribution >= 4 is 5.97 Å². The number of rotatable bonds is 7. The molecule has 0 aliphatic carbocycles. The Balaban J connectivity index is 2.01. The molecule has 37 heavy (non-hydrogen) atoms. The predicted octanol–water partition coefficient (Wildman–Crippen LogP) is 5.27. The molecule has 0 saturated heterocycles. The van der Waals surface area contributed by atoms with Crippen molar-refractivity contribution < 1.29 is 24.1 Å². The first-order valence-corrected chi connectivity index (χ1v) is 12.3. The van der Waals surface area contributed by atoms with Gasteiger partial charge in [-0.15, -0.1) is 5.10 Å². The molecule has 0 amide bonds. The molecule has 3 rings (SSSR count). The summed E-state index contributed by atoms with van der Waals surface area (Å²) in [5.74, 6) is 4.91. The Labute approximate surface area is 217 Å². The molecule has 2 N–H and O–H groups in total. The quantitative estimate of drug-likeness (QED) is 0.337. The molecule has 0 radical (unpaired) electrons. The summed E-state index contributed by atoms with van der Waals surface area (Å²) in [5.41, 5.74) is 3.33. The van der Waals surface area contributed by atoms with Crippen LogP contribution in [0, 0.1) is 17.7 Å². The van der Waals surface area contributed by atoms with E-state index in [9.17, 15) is 19.4 Å². The summed E-state index contributed by atoms with van der Waals surface area (Å²) >= 11 is 0. The third-order valence-electron chi connectivity index (χ3n) is 5.41. The minimum absolute atomic E-state index is 0.0317. The summed E-state index contributed by atoms with van der Waals surface area (Å²) in [6.45, 7) is 9.17. The lowest BCUT2D eigenvalue weighted by Crippen LogP contribution is -2.27. The normalized spacial score (nSPS) is 13.0. The van der Waals surface area contributed by atoms with Crippen molar-refractivity contribution in [1.82, 2.24) is 10.2 Å². The molecule has 0 bridgehead atoms. The summed E-state index contributed by atoms with van der Waals surface area (Å²) in [6, 6.07) is 15.6. The zero-order valence-corrected chi connectivity index (χ0v) is 21.8. The number of nitrogens with zero attached hydrogens (tertiary/aromatic N) is 2. The third-order valence-corrected chi connectivity index (χ3v) is 5.41. The third kappa shape index (κ3) is 7.94. The Morgan fingerprint density at radius 3 is 2.24 bits per heavy atom. The monoisotopic (exact) mass is 504 g/mol. The Bertz CT molecular complexity index is 1270. The molecule has 2 atom stereocenters. The van der Waals surface area contributed by atoms with Crippen LogP contribution in [0.3, 0.4) is 0 Å². The van der Waals surface area contributed by atoms with Crippen LogP contribution in [0.4, 0.5) is 4.39 Å². The number of hydrogen-bond acceptors (Lipinski definition) is 6.